The Morgan fingerprint density at radius 2 is 0.852 bits per heavy atom. The number of rotatable bonds is 17. The summed E-state index contributed by atoms with van der Waals surface area (Å²) in [5, 5.41) is 34.7. The average molecular weight is 422 g/mol. The van der Waals surface area contributed by atoms with Crippen molar-refractivity contribution in [3.63, 3.8) is 0 Å². The van der Waals surface area contributed by atoms with Crippen molar-refractivity contribution in [2.75, 3.05) is 65.7 Å². The Kier molecular flexibility index (Phi) is 17.9. The number of carbonyl (C=O) groups is 4. The molecule has 0 unspecified atom stereocenters. The molecular formula is C14H26CaN2O10. The molecule has 0 aromatic heterocycles. The van der Waals surface area contributed by atoms with E-state index in [-0.39, 0.29) is 80.1 Å². The number of carboxylic acid groups (broad SMARTS) is 4. The second-order valence-electron chi connectivity index (χ2n) is 5.22. The molecule has 0 bridgehead atoms. The molecule has 0 atom stereocenters. The maximum Gasteiger partial charge on any atom is 2.00 e. The van der Waals surface area contributed by atoms with Crippen molar-refractivity contribution >= 4 is 61.6 Å². The molecular weight excluding hydrogens is 396 g/mol. The molecule has 4 N–H and O–H groups in total. The van der Waals surface area contributed by atoms with Crippen molar-refractivity contribution < 1.29 is 51.9 Å². The summed E-state index contributed by atoms with van der Waals surface area (Å²) in [7, 11) is 0. The Labute approximate surface area is 188 Å². The fraction of sp³-hybridized carbons (Fsp3) is 0.714. The molecule has 0 spiro atoms. The molecule has 0 saturated heterocycles. The zero-order valence-electron chi connectivity index (χ0n) is 16.9. The number of ether oxygens (including phenoxy) is 2. The minimum atomic E-state index is -1.14. The van der Waals surface area contributed by atoms with Gasteiger partial charge in [-0.15, -0.1) is 0 Å². The quantitative estimate of drug-likeness (QED) is 0.147. The number of carboxylic acids is 4. The van der Waals surface area contributed by atoms with E-state index in [4.69, 9.17) is 29.9 Å². The van der Waals surface area contributed by atoms with Crippen LogP contribution >= 0.6 is 0 Å². The molecule has 12 nitrogen and oxygen atoms in total. The predicted molar refractivity (Wildman–Crippen MR) is 93.0 cm³/mol. The molecule has 0 rings (SSSR count). The van der Waals surface area contributed by atoms with Crippen molar-refractivity contribution in [2.45, 2.75) is 0 Å². The minimum absolute atomic E-state index is 0. The van der Waals surface area contributed by atoms with E-state index in [9.17, 15) is 19.2 Å². The molecule has 0 saturated carbocycles. The van der Waals surface area contributed by atoms with Crippen LogP contribution in [0.3, 0.4) is 0 Å². The Hall–Kier alpha value is -1.02. The van der Waals surface area contributed by atoms with E-state index in [2.05, 4.69) is 0 Å². The van der Waals surface area contributed by atoms with Gasteiger partial charge in [-0.25, -0.2) is 0 Å². The van der Waals surface area contributed by atoms with E-state index in [1.54, 1.807) is 0 Å². The van der Waals surface area contributed by atoms with Gasteiger partial charge in [-0.2, -0.15) is 0 Å². The first-order valence-corrected chi connectivity index (χ1v) is 7.68. The second kappa shape index (κ2) is 17.1. The first kappa shape index (κ1) is 28.2. The molecule has 0 amide bonds. The summed E-state index contributed by atoms with van der Waals surface area (Å²) in [6, 6.07) is 0. The SMILES string of the molecule is O=C(O)CN(CCOCCOCCN(CC(=O)O)CC(=O)O)CC(=O)O.[Ca+2].[H-].[H-]. The van der Waals surface area contributed by atoms with Crippen LogP contribution in [0.5, 0.6) is 0 Å². The molecule has 27 heavy (non-hydrogen) atoms. The topological polar surface area (TPSA) is 174 Å². The summed E-state index contributed by atoms with van der Waals surface area (Å²) in [5.74, 6) is -4.55. The molecule has 0 radical (unpaired) electrons. The van der Waals surface area contributed by atoms with Crippen molar-refractivity contribution in [1.29, 1.82) is 0 Å². The summed E-state index contributed by atoms with van der Waals surface area (Å²) in [4.78, 5) is 44.9. The van der Waals surface area contributed by atoms with Gasteiger partial charge in [-0.3, -0.25) is 29.0 Å². The largest absolute Gasteiger partial charge is 2.00 e. The molecule has 13 heteroatoms. The van der Waals surface area contributed by atoms with E-state index >= 15 is 0 Å². The van der Waals surface area contributed by atoms with Crippen LogP contribution in [0.2, 0.25) is 0 Å². The third kappa shape index (κ3) is 19.5. The maximum absolute atomic E-state index is 10.6. The van der Waals surface area contributed by atoms with Crippen LogP contribution in [0.15, 0.2) is 0 Å². The third-order valence-electron chi connectivity index (χ3n) is 2.91. The molecule has 154 valence electrons. The Bertz CT molecular complexity index is 413. The first-order valence-electron chi connectivity index (χ1n) is 7.68. The summed E-state index contributed by atoms with van der Waals surface area (Å²) in [6.45, 7) is -0.790. The van der Waals surface area contributed by atoms with Gasteiger partial charge in [0.15, 0.2) is 0 Å². The zero-order valence-corrected chi connectivity index (χ0v) is 17.1. The van der Waals surface area contributed by atoms with Crippen LogP contribution in [0.25, 0.3) is 0 Å². The summed E-state index contributed by atoms with van der Waals surface area (Å²) in [6.07, 6.45) is 0. The van der Waals surface area contributed by atoms with Crippen LogP contribution in [0, 0.1) is 0 Å². The van der Waals surface area contributed by atoms with Gasteiger partial charge in [-0.05, 0) is 0 Å². The molecule has 0 heterocycles. The first-order chi connectivity index (χ1) is 12.2. The number of nitrogens with zero attached hydrogens (tertiary/aromatic N) is 2. The fourth-order valence-corrected chi connectivity index (χ4v) is 1.90. The zero-order chi connectivity index (χ0) is 19.9. The van der Waals surface area contributed by atoms with E-state index in [1.807, 2.05) is 0 Å². The van der Waals surface area contributed by atoms with Gasteiger partial charge < -0.3 is 32.8 Å². The van der Waals surface area contributed by atoms with Gasteiger partial charge in [0.25, 0.3) is 0 Å². The molecule has 0 fully saturated rings. The van der Waals surface area contributed by atoms with Gasteiger partial charge in [0, 0.05) is 13.1 Å². The standard InChI is InChI=1S/C14H24N2O10.Ca.2H/c17-11(18)7-15(8-12(19)20)1-3-25-5-6-26-4-2-16(9-13(21)22)10-14(23)24;;;/h1-10H2,(H,17,18)(H,19,20)(H,21,22)(H,23,24);;;/q;+2;2*-1. The monoisotopic (exact) mass is 422 g/mol. The predicted octanol–water partition coefficient (Wildman–Crippen LogP) is -2.19. The smallest absolute Gasteiger partial charge is 1.00 e. The van der Waals surface area contributed by atoms with Gasteiger partial charge in [0.1, 0.15) is 0 Å². The third-order valence-corrected chi connectivity index (χ3v) is 2.91. The molecule has 0 aliphatic carbocycles. The van der Waals surface area contributed by atoms with E-state index < -0.39 is 50.1 Å². The molecule has 0 aromatic carbocycles. The van der Waals surface area contributed by atoms with Gasteiger partial charge in [-0.1, -0.05) is 0 Å². The van der Waals surface area contributed by atoms with Crippen LogP contribution in [0.1, 0.15) is 2.85 Å². The van der Waals surface area contributed by atoms with Gasteiger partial charge in [0.05, 0.1) is 52.6 Å². The van der Waals surface area contributed by atoms with Gasteiger partial charge >= 0.3 is 61.6 Å². The van der Waals surface area contributed by atoms with E-state index in [1.165, 1.54) is 9.80 Å². The summed E-state index contributed by atoms with van der Waals surface area (Å²) < 4.78 is 10.4. The average Bonchev–Trinajstić information content (AvgIpc) is 2.47. The van der Waals surface area contributed by atoms with Crippen LogP contribution in [-0.4, -0.2) is 158 Å². The van der Waals surface area contributed by atoms with Gasteiger partial charge in [0.2, 0.25) is 0 Å². The Balaban J connectivity index is -0.00000104. The Morgan fingerprint density at radius 3 is 1.07 bits per heavy atom. The van der Waals surface area contributed by atoms with Crippen molar-refractivity contribution in [3.05, 3.63) is 0 Å². The number of aliphatic carboxylic acids is 4. The fourth-order valence-electron chi connectivity index (χ4n) is 1.90. The van der Waals surface area contributed by atoms with Crippen molar-refractivity contribution in [2.24, 2.45) is 0 Å². The van der Waals surface area contributed by atoms with Crippen molar-refractivity contribution in [1.82, 2.24) is 9.80 Å². The van der Waals surface area contributed by atoms with E-state index in [0.29, 0.717) is 0 Å². The maximum atomic E-state index is 10.6. The Morgan fingerprint density at radius 1 is 0.593 bits per heavy atom. The number of hydrogen-bond acceptors (Lipinski definition) is 8. The van der Waals surface area contributed by atoms with Crippen LogP contribution in [0.4, 0.5) is 0 Å². The normalized spacial score (nSPS) is 10.6. The molecule has 0 aliphatic heterocycles. The van der Waals surface area contributed by atoms with Crippen molar-refractivity contribution in [3.8, 4) is 0 Å². The molecule has 0 aromatic rings. The van der Waals surface area contributed by atoms with E-state index in [0.717, 1.165) is 0 Å². The number of hydrogen-bond donors (Lipinski definition) is 4. The summed E-state index contributed by atoms with van der Waals surface area (Å²) in [5.41, 5.74) is 0. The minimum Gasteiger partial charge on any atom is -1.00 e. The summed E-state index contributed by atoms with van der Waals surface area (Å²) >= 11 is 0. The van der Waals surface area contributed by atoms with Crippen LogP contribution in [-0.2, 0) is 28.7 Å². The second-order valence-corrected chi connectivity index (χ2v) is 5.22. The molecule has 0 aliphatic rings. The van der Waals surface area contributed by atoms with Crippen LogP contribution < -0.4 is 0 Å².